The Morgan fingerprint density at radius 2 is 1.84 bits per heavy atom. The molecule has 25 heavy (non-hydrogen) atoms. The molecule has 2 aromatic carbocycles. The Labute approximate surface area is 144 Å². The van der Waals surface area contributed by atoms with Crippen LogP contribution >= 0.6 is 0 Å². The van der Waals surface area contributed by atoms with Gasteiger partial charge in [-0.05, 0) is 49.4 Å². The van der Waals surface area contributed by atoms with E-state index in [-0.39, 0.29) is 11.6 Å². The normalized spacial score (nSPS) is 11.1. The molecule has 0 saturated heterocycles. The number of hydrogen-bond acceptors (Lipinski definition) is 4. The molecule has 6 nitrogen and oxygen atoms in total. The SMILES string of the molecule is CC(=O)Nc1ccc(F)c(NC(=O)C(C)Oc2ccc(C#N)cc2)c1. The minimum absolute atomic E-state index is 0.0634. The molecule has 2 aromatic rings. The Kier molecular flexibility index (Phi) is 5.69. The van der Waals surface area contributed by atoms with Gasteiger partial charge in [0.2, 0.25) is 5.91 Å². The first kappa shape index (κ1) is 17.9. The van der Waals surface area contributed by atoms with E-state index in [1.165, 1.54) is 26.0 Å². The van der Waals surface area contributed by atoms with Crippen molar-refractivity contribution in [3.63, 3.8) is 0 Å². The van der Waals surface area contributed by atoms with Crippen molar-refractivity contribution in [1.82, 2.24) is 0 Å². The van der Waals surface area contributed by atoms with E-state index >= 15 is 0 Å². The number of ether oxygens (including phenoxy) is 1. The minimum Gasteiger partial charge on any atom is -0.481 e. The number of halogens is 1. The summed E-state index contributed by atoms with van der Waals surface area (Å²) in [5.41, 5.74) is 0.776. The lowest BCUT2D eigenvalue weighted by Gasteiger charge is -2.15. The standard InChI is InChI=1S/C18H16FN3O3/c1-11(25-15-6-3-13(10-20)4-7-15)18(24)22-17-9-14(21-12(2)23)5-8-16(17)19/h3-9,11H,1-2H3,(H,21,23)(H,22,24). The van der Waals surface area contributed by atoms with Crippen molar-refractivity contribution in [3.8, 4) is 11.8 Å². The first-order valence-corrected chi connectivity index (χ1v) is 7.44. The molecule has 0 aromatic heterocycles. The quantitative estimate of drug-likeness (QED) is 0.874. The van der Waals surface area contributed by atoms with Crippen molar-refractivity contribution in [1.29, 1.82) is 5.26 Å². The number of nitriles is 1. The van der Waals surface area contributed by atoms with E-state index in [4.69, 9.17) is 10.00 Å². The average molecular weight is 341 g/mol. The molecule has 0 saturated carbocycles. The average Bonchev–Trinajstić information content (AvgIpc) is 2.58. The van der Waals surface area contributed by atoms with E-state index in [9.17, 15) is 14.0 Å². The summed E-state index contributed by atoms with van der Waals surface area (Å²) in [6.45, 7) is 2.85. The third-order valence-electron chi connectivity index (χ3n) is 3.21. The van der Waals surface area contributed by atoms with Gasteiger partial charge in [0, 0.05) is 12.6 Å². The number of hydrogen-bond donors (Lipinski definition) is 2. The molecule has 0 heterocycles. The van der Waals surface area contributed by atoms with Crippen molar-refractivity contribution < 1.29 is 18.7 Å². The molecule has 7 heteroatoms. The van der Waals surface area contributed by atoms with Gasteiger partial charge in [-0.15, -0.1) is 0 Å². The Bertz CT molecular complexity index is 828. The zero-order valence-electron chi connectivity index (χ0n) is 13.7. The van der Waals surface area contributed by atoms with E-state index in [1.54, 1.807) is 24.3 Å². The lowest BCUT2D eigenvalue weighted by atomic mass is 10.2. The van der Waals surface area contributed by atoms with Crippen LogP contribution in [-0.4, -0.2) is 17.9 Å². The second kappa shape index (κ2) is 7.93. The first-order chi connectivity index (χ1) is 11.9. The largest absolute Gasteiger partial charge is 0.481 e. The third-order valence-corrected chi connectivity index (χ3v) is 3.21. The van der Waals surface area contributed by atoms with Crippen LogP contribution in [0.2, 0.25) is 0 Å². The Morgan fingerprint density at radius 3 is 2.44 bits per heavy atom. The van der Waals surface area contributed by atoms with E-state index in [1.807, 2.05) is 6.07 Å². The summed E-state index contributed by atoms with van der Waals surface area (Å²) >= 11 is 0. The van der Waals surface area contributed by atoms with Crippen molar-refractivity contribution >= 4 is 23.2 Å². The number of benzene rings is 2. The molecule has 2 amide bonds. The second-order valence-corrected chi connectivity index (χ2v) is 5.26. The van der Waals surface area contributed by atoms with Gasteiger partial charge in [-0.25, -0.2) is 4.39 Å². The fourth-order valence-corrected chi connectivity index (χ4v) is 2.00. The molecule has 0 radical (unpaired) electrons. The van der Waals surface area contributed by atoms with Crippen LogP contribution in [0.3, 0.4) is 0 Å². The van der Waals surface area contributed by atoms with Crippen LogP contribution in [0.4, 0.5) is 15.8 Å². The molecule has 0 spiro atoms. The molecule has 0 aliphatic rings. The van der Waals surface area contributed by atoms with Gasteiger partial charge in [0.05, 0.1) is 17.3 Å². The fraction of sp³-hybridized carbons (Fsp3) is 0.167. The number of carbonyl (C=O) groups is 2. The Hall–Kier alpha value is -3.40. The van der Waals surface area contributed by atoms with Gasteiger partial charge in [0.15, 0.2) is 6.10 Å². The van der Waals surface area contributed by atoms with Crippen LogP contribution in [0.5, 0.6) is 5.75 Å². The molecule has 2 N–H and O–H groups in total. The highest BCUT2D eigenvalue weighted by molar-refractivity contribution is 5.95. The highest BCUT2D eigenvalue weighted by Gasteiger charge is 2.17. The van der Waals surface area contributed by atoms with Crippen molar-refractivity contribution in [2.24, 2.45) is 0 Å². The summed E-state index contributed by atoms with van der Waals surface area (Å²) in [7, 11) is 0. The number of nitrogens with one attached hydrogen (secondary N) is 2. The monoisotopic (exact) mass is 341 g/mol. The molecule has 2 rings (SSSR count). The molecular weight excluding hydrogens is 325 g/mol. The van der Waals surface area contributed by atoms with Gasteiger partial charge >= 0.3 is 0 Å². The number of anilines is 2. The van der Waals surface area contributed by atoms with Crippen LogP contribution in [0.15, 0.2) is 42.5 Å². The van der Waals surface area contributed by atoms with Crippen LogP contribution in [0.25, 0.3) is 0 Å². The summed E-state index contributed by atoms with van der Waals surface area (Å²) in [5, 5.41) is 13.7. The van der Waals surface area contributed by atoms with E-state index in [0.717, 1.165) is 6.07 Å². The lowest BCUT2D eigenvalue weighted by molar-refractivity contribution is -0.122. The maximum absolute atomic E-state index is 13.8. The Balaban J connectivity index is 2.05. The summed E-state index contributed by atoms with van der Waals surface area (Å²) in [5.74, 6) is -1.08. The van der Waals surface area contributed by atoms with Crippen molar-refractivity contribution in [2.45, 2.75) is 20.0 Å². The minimum atomic E-state index is -0.892. The number of amides is 2. The van der Waals surface area contributed by atoms with E-state index in [0.29, 0.717) is 17.0 Å². The molecular formula is C18H16FN3O3. The summed E-state index contributed by atoms with van der Waals surface area (Å²) in [6, 6.07) is 12.1. The molecule has 0 aliphatic heterocycles. The number of nitrogens with zero attached hydrogens (tertiary/aromatic N) is 1. The van der Waals surface area contributed by atoms with Crippen molar-refractivity contribution in [3.05, 3.63) is 53.8 Å². The molecule has 0 bridgehead atoms. The smallest absolute Gasteiger partial charge is 0.265 e. The topological polar surface area (TPSA) is 91.2 Å². The summed E-state index contributed by atoms with van der Waals surface area (Å²) in [4.78, 5) is 23.2. The predicted molar refractivity (Wildman–Crippen MR) is 90.6 cm³/mol. The van der Waals surface area contributed by atoms with E-state index in [2.05, 4.69) is 10.6 Å². The van der Waals surface area contributed by atoms with Crippen LogP contribution in [0.1, 0.15) is 19.4 Å². The first-order valence-electron chi connectivity index (χ1n) is 7.44. The Morgan fingerprint density at radius 1 is 1.16 bits per heavy atom. The molecule has 0 fully saturated rings. The van der Waals surface area contributed by atoms with Gasteiger partial charge < -0.3 is 15.4 Å². The lowest BCUT2D eigenvalue weighted by Crippen LogP contribution is -2.30. The highest BCUT2D eigenvalue weighted by atomic mass is 19.1. The van der Waals surface area contributed by atoms with Crippen LogP contribution in [0, 0.1) is 17.1 Å². The van der Waals surface area contributed by atoms with E-state index < -0.39 is 17.8 Å². The third kappa shape index (κ3) is 5.04. The fourth-order valence-electron chi connectivity index (χ4n) is 2.00. The van der Waals surface area contributed by atoms with Gasteiger partial charge in [-0.3, -0.25) is 9.59 Å². The van der Waals surface area contributed by atoms with Crippen LogP contribution in [-0.2, 0) is 9.59 Å². The molecule has 1 unspecified atom stereocenters. The van der Waals surface area contributed by atoms with Gasteiger partial charge in [-0.2, -0.15) is 5.26 Å². The zero-order valence-corrected chi connectivity index (χ0v) is 13.7. The van der Waals surface area contributed by atoms with Gasteiger partial charge in [0.1, 0.15) is 11.6 Å². The predicted octanol–water partition coefficient (Wildman–Crippen LogP) is 3.06. The van der Waals surface area contributed by atoms with Gasteiger partial charge in [-0.1, -0.05) is 0 Å². The van der Waals surface area contributed by atoms with Gasteiger partial charge in [0.25, 0.3) is 5.91 Å². The molecule has 1 atom stereocenters. The maximum Gasteiger partial charge on any atom is 0.265 e. The number of carbonyl (C=O) groups excluding carboxylic acids is 2. The molecule has 0 aliphatic carbocycles. The van der Waals surface area contributed by atoms with Crippen LogP contribution < -0.4 is 15.4 Å². The highest BCUT2D eigenvalue weighted by Crippen LogP contribution is 2.20. The zero-order chi connectivity index (χ0) is 18.4. The number of rotatable bonds is 5. The maximum atomic E-state index is 13.8. The molecule has 128 valence electrons. The second-order valence-electron chi connectivity index (χ2n) is 5.26. The summed E-state index contributed by atoms with van der Waals surface area (Å²) < 4.78 is 19.3. The summed E-state index contributed by atoms with van der Waals surface area (Å²) in [6.07, 6.45) is -0.892. The van der Waals surface area contributed by atoms with Crippen molar-refractivity contribution in [2.75, 3.05) is 10.6 Å².